The lowest BCUT2D eigenvalue weighted by atomic mass is 9.86. The molecule has 1 aromatic carbocycles. The maximum atomic E-state index is 14.1. The van der Waals surface area contributed by atoms with E-state index in [1.807, 2.05) is 17.0 Å². The number of ether oxygens (including phenoxy) is 2. The number of alkyl halides is 2. The van der Waals surface area contributed by atoms with Crippen molar-refractivity contribution in [1.82, 2.24) is 29.8 Å². The second-order valence-corrected chi connectivity index (χ2v) is 10.6. The van der Waals surface area contributed by atoms with Crippen LogP contribution in [0.3, 0.4) is 0 Å². The Morgan fingerprint density at radius 3 is 2.62 bits per heavy atom. The van der Waals surface area contributed by atoms with E-state index >= 15 is 0 Å². The Morgan fingerprint density at radius 2 is 1.86 bits per heavy atom. The first-order valence-electron chi connectivity index (χ1n) is 14.4. The molecule has 220 valence electrons. The van der Waals surface area contributed by atoms with Gasteiger partial charge in [0.05, 0.1) is 24.2 Å². The number of carbonyl (C=O) groups excluding carboxylic acids is 1. The molecular formula is C30H33F2N7O3. The molecule has 12 heteroatoms. The molecule has 1 aliphatic heterocycles. The average molecular weight is 578 g/mol. The van der Waals surface area contributed by atoms with Gasteiger partial charge in [-0.15, -0.1) is 0 Å². The van der Waals surface area contributed by atoms with Crippen LogP contribution in [0.25, 0.3) is 16.9 Å². The van der Waals surface area contributed by atoms with Crippen LogP contribution < -0.4 is 15.0 Å². The van der Waals surface area contributed by atoms with Gasteiger partial charge in [0.25, 0.3) is 6.43 Å². The smallest absolute Gasteiger partial charge is 0.296 e. The molecule has 1 saturated heterocycles. The van der Waals surface area contributed by atoms with Gasteiger partial charge in [0, 0.05) is 44.0 Å². The van der Waals surface area contributed by atoms with E-state index in [1.165, 1.54) is 4.57 Å². The summed E-state index contributed by atoms with van der Waals surface area (Å²) in [4.78, 5) is 32.4. The molecule has 0 radical (unpaired) electrons. The molecule has 1 amide bonds. The maximum absolute atomic E-state index is 14.1. The summed E-state index contributed by atoms with van der Waals surface area (Å²) >= 11 is 0. The molecule has 2 fully saturated rings. The second kappa shape index (κ2) is 12.8. The van der Waals surface area contributed by atoms with Crippen LogP contribution in [0.1, 0.15) is 43.5 Å². The van der Waals surface area contributed by atoms with Gasteiger partial charge < -0.3 is 19.7 Å². The summed E-state index contributed by atoms with van der Waals surface area (Å²) in [6.45, 7) is 2.77. The van der Waals surface area contributed by atoms with Crippen molar-refractivity contribution < 1.29 is 23.0 Å². The van der Waals surface area contributed by atoms with E-state index < -0.39 is 6.43 Å². The molecule has 42 heavy (non-hydrogen) atoms. The van der Waals surface area contributed by atoms with Crippen molar-refractivity contribution in [2.75, 3.05) is 37.7 Å². The molecule has 3 aromatic heterocycles. The highest BCUT2D eigenvalue weighted by atomic mass is 19.3. The summed E-state index contributed by atoms with van der Waals surface area (Å²) in [5.41, 5.74) is 2.07. The highest BCUT2D eigenvalue weighted by Gasteiger charge is 2.29. The van der Waals surface area contributed by atoms with E-state index in [2.05, 4.69) is 25.3 Å². The quantitative estimate of drug-likeness (QED) is 0.314. The van der Waals surface area contributed by atoms with Crippen molar-refractivity contribution in [2.45, 2.75) is 44.6 Å². The molecule has 6 rings (SSSR count). The van der Waals surface area contributed by atoms with E-state index in [4.69, 9.17) is 9.47 Å². The van der Waals surface area contributed by atoms with Crippen molar-refractivity contribution in [3.8, 4) is 11.7 Å². The number of para-hydroxylation sites is 2. The molecule has 4 aromatic rings. The summed E-state index contributed by atoms with van der Waals surface area (Å²) in [5.74, 6) is 0.572. The number of hydrogen-bond donors (Lipinski definition) is 1. The summed E-state index contributed by atoms with van der Waals surface area (Å²) in [6.07, 6.45) is 4.08. The fraction of sp³-hybridized carbons (Fsp3) is 0.433. The van der Waals surface area contributed by atoms with Crippen molar-refractivity contribution in [3.05, 3.63) is 66.2 Å². The number of imidazole rings is 1. The van der Waals surface area contributed by atoms with Gasteiger partial charge in [0.1, 0.15) is 11.9 Å². The number of pyridine rings is 1. The van der Waals surface area contributed by atoms with Crippen LogP contribution in [0.4, 0.5) is 14.7 Å². The topological polar surface area (TPSA) is 107 Å². The Balaban J connectivity index is 1.17. The molecule has 2 aliphatic rings. The Labute approximate surface area is 242 Å². The van der Waals surface area contributed by atoms with Crippen LogP contribution in [-0.4, -0.2) is 69.4 Å². The maximum Gasteiger partial charge on any atom is 0.296 e. The largest absolute Gasteiger partial charge is 0.474 e. The van der Waals surface area contributed by atoms with Gasteiger partial charge in [-0.2, -0.15) is 9.97 Å². The van der Waals surface area contributed by atoms with Gasteiger partial charge in [-0.1, -0.05) is 18.2 Å². The summed E-state index contributed by atoms with van der Waals surface area (Å²) in [6, 6.07) is 12.5. The molecule has 10 nitrogen and oxygen atoms in total. The predicted octanol–water partition coefficient (Wildman–Crippen LogP) is 4.28. The number of carbonyl (C=O) groups is 1. The van der Waals surface area contributed by atoms with Crippen LogP contribution in [-0.2, 0) is 16.0 Å². The van der Waals surface area contributed by atoms with Crippen molar-refractivity contribution >= 4 is 22.9 Å². The molecule has 0 spiro atoms. The average Bonchev–Trinajstić information content (AvgIpc) is 3.42. The Hall–Kier alpha value is -4.19. The molecule has 1 aliphatic carbocycles. The lowest BCUT2D eigenvalue weighted by Crippen LogP contribution is -2.38. The molecule has 1 saturated carbocycles. The van der Waals surface area contributed by atoms with Gasteiger partial charge >= 0.3 is 0 Å². The van der Waals surface area contributed by atoms with Gasteiger partial charge in [0.2, 0.25) is 17.7 Å². The number of rotatable bonds is 9. The lowest BCUT2D eigenvalue weighted by Gasteiger charge is -2.29. The Kier molecular flexibility index (Phi) is 8.50. The van der Waals surface area contributed by atoms with Crippen molar-refractivity contribution in [3.63, 3.8) is 0 Å². The number of anilines is 1. The SMILES string of the molecule is O=C(NCCc1cccnc1)[C@H]1CC[C@H](Oc2cc(-n3c(C(F)F)nc4ccccc43)nc(N3CCOCC3)n2)CC1. The fourth-order valence-corrected chi connectivity index (χ4v) is 5.55. The molecule has 0 unspecified atom stereocenters. The minimum Gasteiger partial charge on any atom is -0.474 e. The number of nitrogens with zero attached hydrogens (tertiary/aromatic N) is 6. The molecule has 1 N–H and O–H groups in total. The van der Waals surface area contributed by atoms with E-state index in [1.54, 1.807) is 42.7 Å². The third-order valence-electron chi connectivity index (χ3n) is 7.75. The molecule has 0 bridgehead atoms. The first-order chi connectivity index (χ1) is 20.5. The van der Waals surface area contributed by atoms with Gasteiger partial charge in [0.15, 0.2) is 5.82 Å². The zero-order valence-corrected chi connectivity index (χ0v) is 23.2. The standard InChI is InChI=1S/C30H33F2N7O3/c31-27(32)28-35-23-5-1-2-6-24(23)39(28)25-18-26(37-30(36-25)38-14-16-41-17-15-38)42-22-9-7-21(8-10-22)29(40)34-13-11-20-4-3-12-33-19-20/h1-6,12,18-19,21-22,27H,7-11,13-17H2,(H,34,40)/t21-,22-. The third-order valence-corrected chi connectivity index (χ3v) is 7.75. The molecule has 4 heterocycles. The van der Waals surface area contributed by atoms with Crippen LogP contribution >= 0.6 is 0 Å². The summed E-state index contributed by atoms with van der Waals surface area (Å²) < 4.78 is 41.4. The third kappa shape index (κ3) is 6.33. The number of nitrogens with one attached hydrogen (secondary N) is 1. The minimum absolute atomic E-state index is 0.0581. The van der Waals surface area contributed by atoms with E-state index in [0.717, 1.165) is 12.0 Å². The van der Waals surface area contributed by atoms with E-state index in [-0.39, 0.29) is 29.6 Å². The number of hydrogen-bond acceptors (Lipinski definition) is 8. The first-order valence-corrected chi connectivity index (χ1v) is 14.4. The Morgan fingerprint density at radius 1 is 1.05 bits per heavy atom. The number of halogens is 2. The fourth-order valence-electron chi connectivity index (χ4n) is 5.55. The zero-order chi connectivity index (χ0) is 28.9. The van der Waals surface area contributed by atoms with Gasteiger partial charge in [-0.05, 0) is 55.9 Å². The molecular weight excluding hydrogens is 544 g/mol. The number of aromatic nitrogens is 5. The van der Waals surface area contributed by atoms with Crippen LogP contribution in [0.15, 0.2) is 54.9 Å². The zero-order valence-electron chi connectivity index (χ0n) is 23.2. The van der Waals surface area contributed by atoms with E-state index in [0.29, 0.717) is 81.4 Å². The highest BCUT2D eigenvalue weighted by molar-refractivity contribution is 5.79. The minimum atomic E-state index is -2.80. The number of amides is 1. The number of morpholine rings is 1. The van der Waals surface area contributed by atoms with Crippen molar-refractivity contribution in [2.24, 2.45) is 5.92 Å². The molecule has 0 atom stereocenters. The van der Waals surface area contributed by atoms with Gasteiger partial charge in [-0.3, -0.25) is 14.3 Å². The number of benzene rings is 1. The van der Waals surface area contributed by atoms with Gasteiger partial charge in [-0.25, -0.2) is 13.8 Å². The first kappa shape index (κ1) is 28.0. The highest BCUT2D eigenvalue weighted by Crippen LogP contribution is 2.32. The lowest BCUT2D eigenvalue weighted by molar-refractivity contribution is -0.126. The monoisotopic (exact) mass is 577 g/mol. The normalized spacial score (nSPS) is 19.3. The van der Waals surface area contributed by atoms with Crippen LogP contribution in [0.5, 0.6) is 5.88 Å². The van der Waals surface area contributed by atoms with E-state index in [9.17, 15) is 13.6 Å². The second-order valence-electron chi connectivity index (χ2n) is 10.6. The van der Waals surface area contributed by atoms with Crippen LogP contribution in [0, 0.1) is 5.92 Å². The van der Waals surface area contributed by atoms with Crippen molar-refractivity contribution in [1.29, 1.82) is 0 Å². The predicted molar refractivity (Wildman–Crippen MR) is 152 cm³/mol. The Bertz CT molecular complexity index is 1500. The number of fused-ring (bicyclic) bond motifs is 1. The van der Waals surface area contributed by atoms with Crippen LogP contribution in [0.2, 0.25) is 0 Å². The summed E-state index contributed by atoms with van der Waals surface area (Å²) in [7, 11) is 0. The summed E-state index contributed by atoms with van der Waals surface area (Å²) in [5, 5.41) is 3.05.